The van der Waals surface area contributed by atoms with Crippen molar-refractivity contribution in [2.24, 2.45) is 0 Å². The number of hydrogen-bond donors (Lipinski definition) is 1. The fourth-order valence-corrected chi connectivity index (χ4v) is 2.91. The summed E-state index contributed by atoms with van der Waals surface area (Å²) in [7, 11) is 0. The largest absolute Gasteiger partial charge is 0.325 e. The van der Waals surface area contributed by atoms with Gasteiger partial charge in [-0.05, 0) is 29.7 Å². The number of hydrogen-bond acceptors (Lipinski definition) is 3. The summed E-state index contributed by atoms with van der Waals surface area (Å²) in [5.74, 6) is -0.0495. The molecule has 0 aliphatic carbocycles. The minimum Gasteiger partial charge on any atom is -0.325 e. The van der Waals surface area contributed by atoms with Crippen molar-refractivity contribution in [3.8, 4) is 6.07 Å². The lowest BCUT2D eigenvalue weighted by Crippen LogP contribution is -2.33. The first-order valence-corrected chi connectivity index (χ1v) is 7.84. The van der Waals surface area contributed by atoms with E-state index in [2.05, 4.69) is 40.6 Å². The number of nitriles is 1. The van der Waals surface area contributed by atoms with Gasteiger partial charge in [0.25, 0.3) is 0 Å². The van der Waals surface area contributed by atoms with E-state index in [9.17, 15) is 4.79 Å². The van der Waals surface area contributed by atoms with Crippen LogP contribution in [0.5, 0.6) is 0 Å². The molecule has 3 rings (SSSR count). The highest BCUT2D eigenvalue weighted by atomic mass is 16.1. The molecular formula is C19H19N3O. The molecule has 1 N–H and O–H groups in total. The maximum absolute atomic E-state index is 12.1. The second-order valence-electron chi connectivity index (χ2n) is 5.75. The van der Waals surface area contributed by atoms with E-state index in [0.717, 1.165) is 26.1 Å². The molecule has 0 atom stereocenters. The smallest absolute Gasteiger partial charge is 0.225 e. The fourth-order valence-electron chi connectivity index (χ4n) is 2.91. The first kappa shape index (κ1) is 15.3. The maximum atomic E-state index is 12.1. The van der Waals surface area contributed by atoms with Gasteiger partial charge in [0.15, 0.2) is 0 Å². The summed E-state index contributed by atoms with van der Waals surface area (Å²) in [4.78, 5) is 14.4. The molecule has 116 valence electrons. The third kappa shape index (κ3) is 3.77. The second-order valence-corrected chi connectivity index (χ2v) is 5.75. The number of nitrogens with one attached hydrogen (secondary N) is 1. The van der Waals surface area contributed by atoms with Gasteiger partial charge >= 0.3 is 0 Å². The quantitative estimate of drug-likeness (QED) is 0.945. The molecule has 0 unspecified atom stereocenters. The number of para-hydroxylation sites is 1. The van der Waals surface area contributed by atoms with Gasteiger partial charge in [-0.15, -0.1) is 0 Å². The molecule has 2 aromatic rings. The molecule has 0 spiro atoms. The van der Waals surface area contributed by atoms with E-state index in [1.165, 1.54) is 11.1 Å². The summed E-state index contributed by atoms with van der Waals surface area (Å²) < 4.78 is 0. The minimum absolute atomic E-state index is 0.0495. The van der Waals surface area contributed by atoms with Crippen LogP contribution in [0.3, 0.4) is 0 Å². The van der Waals surface area contributed by atoms with E-state index in [1.807, 2.05) is 6.07 Å². The van der Waals surface area contributed by atoms with Crippen LogP contribution in [0, 0.1) is 11.3 Å². The van der Waals surface area contributed by atoms with Crippen LogP contribution in [0.4, 0.5) is 5.69 Å². The van der Waals surface area contributed by atoms with Crippen molar-refractivity contribution < 1.29 is 4.79 Å². The molecule has 2 aromatic carbocycles. The Morgan fingerprint density at radius 3 is 2.70 bits per heavy atom. The Morgan fingerprint density at radius 1 is 1.13 bits per heavy atom. The van der Waals surface area contributed by atoms with Crippen LogP contribution in [0.15, 0.2) is 48.5 Å². The van der Waals surface area contributed by atoms with Crippen molar-refractivity contribution in [1.82, 2.24) is 4.90 Å². The average molecular weight is 305 g/mol. The van der Waals surface area contributed by atoms with Crippen LogP contribution in [-0.2, 0) is 17.8 Å². The Balaban J connectivity index is 1.53. The molecule has 0 saturated heterocycles. The lowest BCUT2D eigenvalue weighted by atomic mass is 10.00. The standard InChI is InChI=1S/C19H19N3O/c20-13-16-6-3-4-8-18(16)21-19(23)10-12-22-11-9-15-5-1-2-7-17(15)14-22/h1-8H,9-12,14H2,(H,21,23). The van der Waals surface area contributed by atoms with E-state index in [-0.39, 0.29) is 5.91 Å². The predicted octanol–water partition coefficient (Wildman–Crippen LogP) is 2.95. The zero-order valence-electron chi connectivity index (χ0n) is 13.0. The Kier molecular flexibility index (Phi) is 4.70. The molecule has 1 heterocycles. The van der Waals surface area contributed by atoms with Crippen LogP contribution < -0.4 is 5.32 Å². The molecule has 0 bridgehead atoms. The van der Waals surface area contributed by atoms with Gasteiger partial charge in [0.1, 0.15) is 6.07 Å². The number of carbonyl (C=O) groups excluding carboxylic acids is 1. The van der Waals surface area contributed by atoms with Crippen molar-refractivity contribution >= 4 is 11.6 Å². The first-order chi connectivity index (χ1) is 11.3. The lowest BCUT2D eigenvalue weighted by molar-refractivity contribution is -0.116. The summed E-state index contributed by atoms with van der Waals surface area (Å²) in [6, 6.07) is 17.6. The van der Waals surface area contributed by atoms with Gasteiger partial charge in [0, 0.05) is 26.1 Å². The molecule has 0 radical (unpaired) electrons. The first-order valence-electron chi connectivity index (χ1n) is 7.84. The summed E-state index contributed by atoms with van der Waals surface area (Å²) in [5.41, 5.74) is 3.85. The topological polar surface area (TPSA) is 56.1 Å². The van der Waals surface area contributed by atoms with E-state index in [1.54, 1.807) is 18.2 Å². The number of anilines is 1. The lowest BCUT2D eigenvalue weighted by Gasteiger charge is -2.28. The van der Waals surface area contributed by atoms with Crippen molar-refractivity contribution in [1.29, 1.82) is 5.26 Å². The van der Waals surface area contributed by atoms with Gasteiger partial charge in [-0.1, -0.05) is 36.4 Å². The van der Waals surface area contributed by atoms with Crippen molar-refractivity contribution in [2.75, 3.05) is 18.4 Å². The number of carbonyl (C=O) groups is 1. The Bertz CT molecular complexity index is 748. The highest BCUT2D eigenvalue weighted by molar-refractivity contribution is 5.92. The molecule has 4 heteroatoms. The molecule has 1 aliphatic heterocycles. The highest BCUT2D eigenvalue weighted by Gasteiger charge is 2.16. The third-order valence-corrected chi connectivity index (χ3v) is 4.19. The maximum Gasteiger partial charge on any atom is 0.225 e. The van der Waals surface area contributed by atoms with E-state index in [4.69, 9.17) is 5.26 Å². The minimum atomic E-state index is -0.0495. The molecule has 23 heavy (non-hydrogen) atoms. The number of fused-ring (bicyclic) bond motifs is 1. The molecule has 0 aromatic heterocycles. The third-order valence-electron chi connectivity index (χ3n) is 4.19. The van der Waals surface area contributed by atoms with E-state index in [0.29, 0.717) is 17.7 Å². The summed E-state index contributed by atoms with van der Waals surface area (Å²) in [6.07, 6.45) is 1.47. The van der Waals surface area contributed by atoms with Gasteiger partial charge in [-0.25, -0.2) is 0 Å². The summed E-state index contributed by atoms with van der Waals surface area (Å²) in [5, 5.41) is 11.9. The van der Waals surface area contributed by atoms with Crippen molar-refractivity contribution in [2.45, 2.75) is 19.4 Å². The Hall–Kier alpha value is -2.64. The molecule has 4 nitrogen and oxygen atoms in total. The predicted molar refractivity (Wildman–Crippen MR) is 89.8 cm³/mol. The van der Waals surface area contributed by atoms with Crippen molar-refractivity contribution in [3.05, 3.63) is 65.2 Å². The number of benzene rings is 2. The van der Waals surface area contributed by atoms with E-state index < -0.39 is 0 Å². The van der Waals surface area contributed by atoms with E-state index >= 15 is 0 Å². The summed E-state index contributed by atoms with van der Waals surface area (Å²) in [6.45, 7) is 2.62. The number of nitrogens with zero attached hydrogens (tertiary/aromatic N) is 2. The van der Waals surface area contributed by atoms with Gasteiger partial charge < -0.3 is 5.32 Å². The van der Waals surface area contributed by atoms with Crippen LogP contribution in [-0.4, -0.2) is 23.9 Å². The molecule has 0 fully saturated rings. The molecule has 1 aliphatic rings. The zero-order chi connectivity index (χ0) is 16.1. The SMILES string of the molecule is N#Cc1ccccc1NC(=O)CCN1CCc2ccccc2C1. The molecule has 1 amide bonds. The second kappa shape index (κ2) is 7.08. The number of rotatable bonds is 4. The van der Waals surface area contributed by atoms with Crippen LogP contribution in [0.2, 0.25) is 0 Å². The molecular weight excluding hydrogens is 286 g/mol. The highest BCUT2D eigenvalue weighted by Crippen LogP contribution is 2.19. The van der Waals surface area contributed by atoms with Crippen molar-refractivity contribution in [3.63, 3.8) is 0 Å². The van der Waals surface area contributed by atoms with Crippen LogP contribution >= 0.6 is 0 Å². The normalized spacial score (nSPS) is 13.9. The monoisotopic (exact) mass is 305 g/mol. The zero-order valence-corrected chi connectivity index (χ0v) is 13.0. The van der Waals surface area contributed by atoms with Crippen LogP contribution in [0.1, 0.15) is 23.1 Å². The van der Waals surface area contributed by atoms with Gasteiger partial charge in [-0.3, -0.25) is 9.69 Å². The summed E-state index contributed by atoms with van der Waals surface area (Å²) >= 11 is 0. The molecule has 0 saturated carbocycles. The Labute approximate surface area is 136 Å². The van der Waals surface area contributed by atoms with Crippen LogP contribution in [0.25, 0.3) is 0 Å². The fraction of sp³-hybridized carbons (Fsp3) is 0.263. The average Bonchev–Trinajstić information content (AvgIpc) is 2.60. The number of amides is 1. The van der Waals surface area contributed by atoms with Gasteiger partial charge in [0.2, 0.25) is 5.91 Å². The van der Waals surface area contributed by atoms with Gasteiger partial charge in [0.05, 0.1) is 11.3 Å². The van der Waals surface area contributed by atoms with Gasteiger partial charge in [-0.2, -0.15) is 5.26 Å². The Morgan fingerprint density at radius 2 is 1.87 bits per heavy atom.